The Bertz CT molecular complexity index is 1490. The molecule has 32 heavy (non-hydrogen) atoms. The van der Waals surface area contributed by atoms with Crippen molar-refractivity contribution in [1.82, 2.24) is 19.4 Å². The van der Waals surface area contributed by atoms with Gasteiger partial charge in [-0.25, -0.2) is 19.3 Å². The van der Waals surface area contributed by atoms with Crippen molar-refractivity contribution in [1.29, 1.82) is 0 Å². The van der Waals surface area contributed by atoms with Crippen LogP contribution in [0.5, 0.6) is 0 Å². The van der Waals surface area contributed by atoms with E-state index in [1.807, 2.05) is 41.0 Å². The third kappa shape index (κ3) is 2.91. The van der Waals surface area contributed by atoms with Crippen LogP contribution in [0.25, 0.3) is 38.2 Å². The Labute approximate surface area is 187 Å². The third-order valence-electron chi connectivity index (χ3n) is 6.23. The van der Waals surface area contributed by atoms with E-state index in [-0.39, 0.29) is 17.8 Å². The quantitative estimate of drug-likeness (QED) is 0.411. The number of pyridine rings is 1. The molecule has 4 heterocycles. The van der Waals surface area contributed by atoms with Crippen molar-refractivity contribution in [2.45, 2.75) is 31.8 Å². The van der Waals surface area contributed by atoms with Crippen LogP contribution in [0, 0.1) is 12.7 Å². The van der Waals surface area contributed by atoms with Gasteiger partial charge in [0.15, 0.2) is 5.82 Å². The van der Waals surface area contributed by atoms with E-state index in [0.29, 0.717) is 35.1 Å². The molecule has 0 spiro atoms. The van der Waals surface area contributed by atoms with Gasteiger partial charge < -0.3 is 10.8 Å². The summed E-state index contributed by atoms with van der Waals surface area (Å²) in [5, 5.41) is 12.4. The molecule has 0 saturated heterocycles. The standard InChI is InChI=1S/C24H20FN5OS/c1-12-7-17(20-3-2-6-32-20)28-22-15(12)4-5-16(21(22)25)18-11-30-19(23(26)29-18)10-27-24(30)13-8-14(31)9-13/h2-7,10-11,13-14,31H,8-9H2,1H3,(H2,26,29). The van der Waals surface area contributed by atoms with Crippen molar-refractivity contribution in [3.05, 3.63) is 65.3 Å². The second kappa shape index (κ2) is 7.08. The number of hydrogen-bond acceptors (Lipinski definition) is 6. The number of fused-ring (bicyclic) bond motifs is 2. The van der Waals surface area contributed by atoms with Gasteiger partial charge in [-0.2, -0.15) is 0 Å². The molecule has 1 aliphatic rings. The van der Waals surface area contributed by atoms with Crippen molar-refractivity contribution < 1.29 is 9.50 Å². The number of thiophene rings is 1. The first-order valence-electron chi connectivity index (χ1n) is 10.4. The average Bonchev–Trinajstić information content (AvgIpc) is 3.42. The maximum Gasteiger partial charge on any atom is 0.158 e. The predicted octanol–water partition coefficient (Wildman–Crippen LogP) is 4.94. The number of hydrogen-bond donors (Lipinski definition) is 2. The van der Waals surface area contributed by atoms with Gasteiger partial charge in [0, 0.05) is 23.1 Å². The van der Waals surface area contributed by atoms with E-state index in [1.54, 1.807) is 29.8 Å². The molecule has 6 rings (SSSR count). The van der Waals surface area contributed by atoms with E-state index in [4.69, 9.17) is 5.73 Å². The van der Waals surface area contributed by atoms with Crippen LogP contribution in [0.3, 0.4) is 0 Å². The minimum atomic E-state index is -0.420. The number of aliphatic hydroxyl groups excluding tert-OH is 1. The van der Waals surface area contributed by atoms with Gasteiger partial charge in [0.05, 0.1) is 28.6 Å². The highest BCUT2D eigenvalue weighted by molar-refractivity contribution is 7.13. The molecule has 8 heteroatoms. The largest absolute Gasteiger partial charge is 0.393 e. The Balaban J connectivity index is 1.53. The van der Waals surface area contributed by atoms with Crippen LogP contribution in [-0.4, -0.2) is 30.6 Å². The van der Waals surface area contributed by atoms with Crippen LogP contribution >= 0.6 is 11.3 Å². The lowest BCUT2D eigenvalue weighted by atomic mass is 9.82. The van der Waals surface area contributed by atoms with E-state index in [0.717, 1.165) is 27.3 Å². The number of nitrogens with two attached hydrogens (primary N) is 1. The monoisotopic (exact) mass is 445 g/mol. The van der Waals surface area contributed by atoms with Crippen molar-refractivity contribution in [3.63, 3.8) is 0 Å². The molecule has 1 aliphatic carbocycles. The molecule has 0 amide bonds. The van der Waals surface area contributed by atoms with E-state index >= 15 is 4.39 Å². The molecule has 3 N–H and O–H groups in total. The average molecular weight is 446 g/mol. The SMILES string of the molecule is Cc1cc(-c2cccs2)nc2c(F)c(-c3cn4c(C5CC(O)C5)ncc4c(N)n3)ccc12. The van der Waals surface area contributed by atoms with Gasteiger partial charge in [0.1, 0.15) is 22.7 Å². The Morgan fingerprint density at radius 1 is 1.19 bits per heavy atom. The summed E-state index contributed by atoms with van der Waals surface area (Å²) in [4.78, 5) is 14.6. The number of aliphatic hydroxyl groups is 1. The maximum absolute atomic E-state index is 15.8. The van der Waals surface area contributed by atoms with Crippen LogP contribution in [0.15, 0.2) is 48.1 Å². The second-order valence-electron chi connectivity index (χ2n) is 8.33. The fraction of sp³-hybridized carbons (Fsp3) is 0.208. The molecular weight excluding hydrogens is 425 g/mol. The van der Waals surface area contributed by atoms with Crippen LogP contribution in [0.1, 0.15) is 30.1 Å². The van der Waals surface area contributed by atoms with Crippen LogP contribution < -0.4 is 5.73 Å². The summed E-state index contributed by atoms with van der Waals surface area (Å²) >= 11 is 1.57. The number of nitrogen functional groups attached to an aromatic ring is 1. The summed E-state index contributed by atoms with van der Waals surface area (Å²) in [5.41, 5.74) is 9.70. The molecule has 1 aromatic carbocycles. The molecule has 0 unspecified atom stereocenters. The fourth-order valence-electron chi connectivity index (χ4n) is 4.44. The highest BCUT2D eigenvalue weighted by atomic mass is 32.1. The number of aromatic nitrogens is 4. The first kappa shape index (κ1) is 19.3. The Morgan fingerprint density at radius 2 is 2.03 bits per heavy atom. The Morgan fingerprint density at radius 3 is 2.78 bits per heavy atom. The first-order chi connectivity index (χ1) is 15.5. The molecule has 0 radical (unpaired) electrons. The van der Waals surface area contributed by atoms with Gasteiger partial charge in [-0.05, 0) is 48.9 Å². The third-order valence-corrected chi connectivity index (χ3v) is 7.13. The lowest BCUT2D eigenvalue weighted by Gasteiger charge is -2.30. The number of benzene rings is 1. The highest BCUT2D eigenvalue weighted by Gasteiger charge is 2.32. The summed E-state index contributed by atoms with van der Waals surface area (Å²) in [5.74, 6) is 0.838. The van der Waals surface area contributed by atoms with Crippen LogP contribution in [0.4, 0.5) is 10.2 Å². The summed E-state index contributed by atoms with van der Waals surface area (Å²) in [6.07, 6.45) is 4.49. The summed E-state index contributed by atoms with van der Waals surface area (Å²) in [6, 6.07) is 9.54. The minimum Gasteiger partial charge on any atom is -0.393 e. The Kier molecular flexibility index (Phi) is 4.28. The highest BCUT2D eigenvalue weighted by Crippen LogP contribution is 2.38. The van der Waals surface area contributed by atoms with Crippen molar-refractivity contribution in [3.8, 4) is 21.8 Å². The lowest BCUT2D eigenvalue weighted by molar-refractivity contribution is 0.0715. The van der Waals surface area contributed by atoms with Crippen LogP contribution in [0.2, 0.25) is 0 Å². The molecular formula is C24H20FN5OS. The molecule has 1 saturated carbocycles. The summed E-state index contributed by atoms with van der Waals surface area (Å²) in [6.45, 7) is 1.97. The zero-order chi connectivity index (χ0) is 22.0. The van der Waals surface area contributed by atoms with Crippen molar-refractivity contribution >= 4 is 33.6 Å². The van der Waals surface area contributed by atoms with E-state index < -0.39 is 5.82 Å². The smallest absolute Gasteiger partial charge is 0.158 e. The van der Waals surface area contributed by atoms with Crippen molar-refractivity contribution in [2.75, 3.05) is 5.73 Å². The topological polar surface area (TPSA) is 89.3 Å². The molecule has 1 fully saturated rings. The van der Waals surface area contributed by atoms with E-state index in [1.165, 1.54) is 0 Å². The number of rotatable bonds is 3. The molecule has 6 nitrogen and oxygen atoms in total. The van der Waals surface area contributed by atoms with Gasteiger partial charge in [-0.15, -0.1) is 11.3 Å². The van der Waals surface area contributed by atoms with Crippen molar-refractivity contribution in [2.24, 2.45) is 0 Å². The molecule has 0 bridgehead atoms. The number of nitrogens with zero attached hydrogens (tertiary/aromatic N) is 4. The number of anilines is 1. The lowest BCUT2D eigenvalue weighted by Crippen LogP contribution is -2.28. The molecule has 5 aromatic rings. The molecule has 0 atom stereocenters. The fourth-order valence-corrected chi connectivity index (χ4v) is 5.13. The molecule has 4 aromatic heterocycles. The molecule has 0 aliphatic heterocycles. The van der Waals surface area contributed by atoms with Gasteiger partial charge in [0.25, 0.3) is 0 Å². The zero-order valence-electron chi connectivity index (χ0n) is 17.3. The van der Waals surface area contributed by atoms with Gasteiger partial charge >= 0.3 is 0 Å². The van der Waals surface area contributed by atoms with Gasteiger partial charge in [-0.1, -0.05) is 12.1 Å². The van der Waals surface area contributed by atoms with Gasteiger partial charge in [0.2, 0.25) is 0 Å². The zero-order valence-corrected chi connectivity index (χ0v) is 18.1. The van der Waals surface area contributed by atoms with Gasteiger partial charge in [-0.3, -0.25) is 4.40 Å². The van der Waals surface area contributed by atoms with E-state index in [2.05, 4.69) is 15.0 Å². The first-order valence-corrected chi connectivity index (χ1v) is 11.3. The maximum atomic E-state index is 15.8. The molecule has 160 valence electrons. The number of halogens is 1. The van der Waals surface area contributed by atoms with E-state index in [9.17, 15) is 5.11 Å². The summed E-state index contributed by atoms with van der Waals surface area (Å²) < 4.78 is 17.7. The number of aryl methyl sites for hydroxylation is 1. The minimum absolute atomic E-state index is 0.154. The Hall–Kier alpha value is -3.36. The normalized spacial score (nSPS) is 18.3. The second-order valence-corrected chi connectivity index (χ2v) is 9.28. The van der Waals surface area contributed by atoms with Crippen LogP contribution in [-0.2, 0) is 0 Å². The predicted molar refractivity (Wildman–Crippen MR) is 124 cm³/mol. The summed E-state index contributed by atoms with van der Waals surface area (Å²) in [7, 11) is 0. The number of imidazole rings is 1.